The number of primary amides is 1. The number of hydrogen-bond donors (Lipinski definition) is 3. The molecule has 0 saturated carbocycles. The van der Waals surface area contributed by atoms with Crippen molar-refractivity contribution in [3.63, 3.8) is 0 Å². The Balaban J connectivity index is 0. The molecular formula is C25H48ClN3O6. The third-order valence-electron chi connectivity index (χ3n) is 5.41. The van der Waals surface area contributed by atoms with Crippen molar-refractivity contribution < 1.29 is 29.0 Å². The van der Waals surface area contributed by atoms with Gasteiger partial charge in [-0.1, -0.05) is 84.0 Å². The van der Waals surface area contributed by atoms with Crippen LogP contribution in [0.1, 0.15) is 111 Å². The number of carbonyl (C=O) groups is 4. The molecule has 0 radical (unpaired) electrons. The molecule has 0 aromatic carbocycles. The van der Waals surface area contributed by atoms with Crippen molar-refractivity contribution in [2.45, 2.75) is 123 Å². The first kappa shape index (κ1) is 35.1. The van der Waals surface area contributed by atoms with Crippen molar-refractivity contribution in [2.24, 2.45) is 5.73 Å². The number of ether oxygens (including phenoxy) is 1. The maximum absolute atomic E-state index is 12.7. The number of halogens is 1. The van der Waals surface area contributed by atoms with Crippen molar-refractivity contribution in [2.75, 3.05) is 13.1 Å². The summed E-state index contributed by atoms with van der Waals surface area (Å²) >= 11 is 0. The Kier molecular flexibility index (Phi) is 20.3. The van der Waals surface area contributed by atoms with Gasteiger partial charge >= 0.3 is 12.1 Å². The summed E-state index contributed by atoms with van der Waals surface area (Å²) in [4.78, 5) is 48.7. The molecular weight excluding hydrogens is 474 g/mol. The first-order valence-electron chi connectivity index (χ1n) is 12.7. The largest absolute Gasteiger partial charge is 0.480 e. The van der Waals surface area contributed by atoms with E-state index in [-0.39, 0.29) is 12.4 Å². The van der Waals surface area contributed by atoms with Gasteiger partial charge in [0.1, 0.15) is 24.7 Å². The van der Waals surface area contributed by atoms with Crippen LogP contribution in [-0.2, 0) is 19.1 Å². The van der Waals surface area contributed by atoms with Crippen LogP contribution in [0, 0.1) is 0 Å². The highest BCUT2D eigenvalue weighted by atomic mass is 35.5. The first-order chi connectivity index (χ1) is 16.0. The molecule has 0 fully saturated rings. The lowest BCUT2D eigenvalue weighted by atomic mass is 10.0. The first-order valence-corrected chi connectivity index (χ1v) is 12.7. The summed E-state index contributed by atoms with van der Waals surface area (Å²) < 4.78 is 5.35. The standard InChI is InChI=1S/C25H47N3O6.ClH/c1-5-6-7-8-9-10-11-12-13-14-15-16-17-20(23(26)32)28(24(33)34-25(2,3)4)19-21(29)27-18-22(30)31;/h20H,5-19H2,1-4H3,(H2,26,32)(H,27,29)(H,30,31);1H. The molecule has 4 N–H and O–H groups in total. The summed E-state index contributed by atoms with van der Waals surface area (Å²) in [6.45, 7) is 6.17. The molecule has 0 aliphatic rings. The van der Waals surface area contributed by atoms with E-state index in [1.165, 1.54) is 51.4 Å². The predicted octanol–water partition coefficient (Wildman–Crippen LogP) is 4.79. The van der Waals surface area contributed by atoms with Gasteiger partial charge in [-0.3, -0.25) is 19.3 Å². The van der Waals surface area contributed by atoms with Crippen LogP contribution in [0.15, 0.2) is 0 Å². The number of nitrogens with one attached hydrogen (secondary N) is 1. The molecule has 0 aromatic heterocycles. The van der Waals surface area contributed by atoms with E-state index in [0.717, 1.165) is 24.2 Å². The fraction of sp³-hybridized carbons (Fsp3) is 0.840. The second-order valence-electron chi connectivity index (χ2n) is 9.87. The van der Waals surface area contributed by atoms with E-state index in [2.05, 4.69) is 12.2 Å². The Labute approximate surface area is 217 Å². The Morgan fingerprint density at radius 2 is 1.34 bits per heavy atom. The minimum absolute atomic E-state index is 0. The second-order valence-corrected chi connectivity index (χ2v) is 9.87. The van der Waals surface area contributed by atoms with Crippen molar-refractivity contribution >= 4 is 36.3 Å². The van der Waals surface area contributed by atoms with Gasteiger partial charge in [0.2, 0.25) is 11.8 Å². The van der Waals surface area contributed by atoms with Crippen LogP contribution in [0.5, 0.6) is 0 Å². The number of aliphatic carboxylic acids is 1. The Bertz CT molecular complexity index is 625. The zero-order valence-corrected chi connectivity index (χ0v) is 22.9. The lowest BCUT2D eigenvalue weighted by molar-refractivity contribution is -0.138. The number of carbonyl (C=O) groups excluding carboxylic acids is 3. The van der Waals surface area contributed by atoms with Gasteiger partial charge in [0, 0.05) is 0 Å². The number of nitrogens with zero attached hydrogens (tertiary/aromatic N) is 1. The van der Waals surface area contributed by atoms with Gasteiger partial charge in [0.05, 0.1) is 0 Å². The summed E-state index contributed by atoms with van der Waals surface area (Å²) in [5.41, 5.74) is 4.73. The average molecular weight is 522 g/mol. The van der Waals surface area contributed by atoms with E-state index in [1.54, 1.807) is 20.8 Å². The zero-order valence-electron chi connectivity index (χ0n) is 22.1. The molecule has 0 heterocycles. The van der Waals surface area contributed by atoms with Gasteiger partial charge in [0.15, 0.2) is 0 Å². The summed E-state index contributed by atoms with van der Waals surface area (Å²) in [6.07, 6.45) is 13.5. The molecule has 35 heavy (non-hydrogen) atoms. The monoisotopic (exact) mass is 521 g/mol. The minimum Gasteiger partial charge on any atom is -0.480 e. The fourth-order valence-electron chi connectivity index (χ4n) is 3.64. The summed E-state index contributed by atoms with van der Waals surface area (Å²) in [7, 11) is 0. The zero-order chi connectivity index (χ0) is 26.0. The van der Waals surface area contributed by atoms with Crippen LogP contribution in [-0.4, -0.2) is 58.6 Å². The molecule has 0 saturated heterocycles. The molecule has 1 unspecified atom stereocenters. The number of nitrogens with two attached hydrogens (primary N) is 1. The van der Waals surface area contributed by atoms with Crippen LogP contribution in [0.2, 0.25) is 0 Å². The molecule has 9 nitrogen and oxygen atoms in total. The molecule has 0 aliphatic heterocycles. The van der Waals surface area contributed by atoms with E-state index < -0.39 is 48.6 Å². The van der Waals surface area contributed by atoms with E-state index >= 15 is 0 Å². The molecule has 206 valence electrons. The highest BCUT2D eigenvalue weighted by Gasteiger charge is 2.33. The number of carboxylic acids is 1. The highest BCUT2D eigenvalue weighted by Crippen LogP contribution is 2.17. The molecule has 0 rings (SSSR count). The van der Waals surface area contributed by atoms with Gasteiger partial charge in [-0.25, -0.2) is 4.79 Å². The van der Waals surface area contributed by atoms with E-state index in [0.29, 0.717) is 12.8 Å². The van der Waals surface area contributed by atoms with Crippen molar-refractivity contribution in [3.05, 3.63) is 0 Å². The van der Waals surface area contributed by atoms with E-state index in [1.807, 2.05) is 0 Å². The predicted molar refractivity (Wildman–Crippen MR) is 140 cm³/mol. The van der Waals surface area contributed by atoms with Crippen molar-refractivity contribution in [1.29, 1.82) is 0 Å². The van der Waals surface area contributed by atoms with Gasteiger partial charge in [0.25, 0.3) is 0 Å². The third kappa shape index (κ3) is 19.9. The number of amides is 3. The van der Waals surface area contributed by atoms with E-state index in [9.17, 15) is 19.2 Å². The molecule has 0 spiro atoms. The summed E-state index contributed by atoms with van der Waals surface area (Å²) in [5, 5.41) is 10.9. The Morgan fingerprint density at radius 1 is 0.886 bits per heavy atom. The molecule has 10 heteroatoms. The third-order valence-corrected chi connectivity index (χ3v) is 5.41. The second kappa shape index (κ2) is 20.2. The number of hydrogen-bond acceptors (Lipinski definition) is 5. The van der Waals surface area contributed by atoms with Crippen LogP contribution >= 0.6 is 12.4 Å². The molecule has 0 aromatic rings. The fourth-order valence-corrected chi connectivity index (χ4v) is 3.64. The van der Waals surface area contributed by atoms with Crippen molar-refractivity contribution in [3.8, 4) is 0 Å². The molecule has 0 bridgehead atoms. The van der Waals surface area contributed by atoms with Crippen LogP contribution in [0.3, 0.4) is 0 Å². The van der Waals surface area contributed by atoms with Crippen LogP contribution in [0.4, 0.5) is 4.79 Å². The molecule has 1 atom stereocenters. The Morgan fingerprint density at radius 3 is 1.74 bits per heavy atom. The lowest BCUT2D eigenvalue weighted by Crippen LogP contribution is -2.53. The number of rotatable bonds is 19. The quantitative estimate of drug-likeness (QED) is 0.209. The summed E-state index contributed by atoms with van der Waals surface area (Å²) in [6, 6.07) is -1.01. The van der Waals surface area contributed by atoms with E-state index in [4.69, 9.17) is 15.6 Å². The smallest absolute Gasteiger partial charge is 0.411 e. The van der Waals surface area contributed by atoms with Crippen LogP contribution in [0.25, 0.3) is 0 Å². The number of carboxylic acid groups (broad SMARTS) is 1. The lowest BCUT2D eigenvalue weighted by Gasteiger charge is -2.31. The number of unbranched alkanes of at least 4 members (excludes halogenated alkanes) is 11. The average Bonchev–Trinajstić information content (AvgIpc) is 2.73. The van der Waals surface area contributed by atoms with Gasteiger partial charge in [-0.15, -0.1) is 12.4 Å². The maximum Gasteiger partial charge on any atom is 0.411 e. The summed E-state index contributed by atoms with van der Waals surface area (Å²) in [5.74, 6) is -2.63. The van der Waals surface area contributed by atoms with Gasteiger partial charge < -0.3 is 20.9 Å². The SMILES string of the molecule is CCCCCCCCCCCCCCC(C(N)=O)N(CC(=O)NCC(=O)O)C(=O)OC(C)(C)C.Cl. The molecule has 3 amide bonds. The highest BCUT2D eigenvalue weighted by molar-refractivity contribution is 5.89. The van der Waals surface area contributed by atoms with Crippen molar-refractivity contribution in [1.82, 2.24) is 10.2 Å². The van der Waals surface area contributed by atoms with Gasteiger partial charge in [-0.05, 0) is 27.2 Å². The van der Waals surface area contributed by atoms with Gasteiger partial charge in [-0.2, -0.15) is 0 Å². The topological polar surface area (TPSA) is 139 Å². The normalized spacial score (nSPS) is 11.8. The Hall–Kier alpha value is -2.03. The minimum atomic E-state index is -1.21. The maximum atomic E-state index is 12.7. The van der Waals surface area contributed by atoms with Crippen LogP contribution < -0.4 is 11.1 Å². The molecule has 0 aliphatic carbocycles.